The van der Waals surface area contributed by atoms with E-state index in [1.165, 1.54) is 69.8 Å². The summed E-state index contributed by atoms with van der Waals surface area (Å²) in [6, 6.07) is 9.97. The Bertz CT molecular complexity index is 377. The van der Waals surface area contributed by atoms with Gasteiger partial charge < -0.3 is 5.32 Å². The molecule has 118 valence electrons. The Hall–Kier alpha value is -0.820. The van der Waals surface area contributed by atoms with Crippen LogP contribution in [0.2, 0.25) is 0 Å². The number of benzene rings is 1. The first-order valence-corrected chi connectivity index (χ1v) is 9.12. The van der Waals surface area contributed by atoms with Crippen molar-refractivity contribution in [2.45, 2.75) is 83.1 Å². The first-order valence-electron chi connectivity index (χ1n) is 9.12. The lowest BCUT2D eigenvalue weighted by molar-refractivity contribution is 0.419. The van der Waals surface area contributed by atoms with Crippen LogP contribution in [0.3, 0.4) is 0 Å². The molecule has 0 radical (unpaired) electrons. The summed E-state index contributed by atoms with van der Waals surface area (Å²) in [5.74, 6) is 0.852. The van der Waals surface area contributed by atoms with Crippen molar-refractivity contribution >= 4 is 0 Å². The molecule has 0 aromatic heterocycles. The Balaban J connectivity index is 1.74. The fourth-order valence-corrected chi connectivity index (χ4v) is 3.35. The number of nitrogens with one attached hydrogen (secondary N) is 1. The minimum atomic E-state index is 0.534. The van der Waals surface area contributed by atoms with E-state index in [9.17, 15) is 0 Å². The second-order valence-electron chi connectivity index (χ2n) is 6.69. The summed E-state index contributed by atoms with van der Waals surface area (Å²) in [5, 5.41) is 3.50. The summed E-state index contributed by atoms with van der Waals surface area (Å²) in [6.07, 6.45) is 13.8. The van der Waals surface area contributed by atoms with Crippen molar-refractivity contribution in [3.63, 3.8) is 0 Å². The van der Waals surface area contributed by atoms with E-state index >= 15 is 0 Å². The lowest BCUT2D eigenvalue weighted by atomic mass is 9.80. The van der Waals surface area contributed by atoms with Crippen LogP contribution in [0.25, 0.3) is 0 Å². The Kier molecular flexibility index (Phi) is 7.29. The SMILES string of the molecule is CCCCCCCCC(NC)c1ccc(C2CCC2)cc1. The quantitative estimate of drug-likeness (QED) is 0.523. The van der Waals surface area contributed by atoms with Gasteiger partial charge in [0.05, 0.1) is 0 Å². The molecule has 1 unspecified atom stereocenters. The Morgan fingerprint density at radius 1 is 1.00 bits per heavy atom. The highest BCUT2D eigenvalue weighted by Crippen LogP contribution is 2.36. The molecule has 1 aromatic carbocycles. The van der Waals surface area contributed by atoms with Crippen molar-refractivity contribution in [2.75, 3.05) is 7.05 Å². The molecule has 1 aliphatic rings. The molecule has 0 aliphatic heterocycles. The molecule has 1 aromatic rings. The van der Waals surface area contributed by atoms with Crippen LogP contribution in [0.15, 0.2) is 24.3 Å². The normalized spacial score (nSPS) is 16.7. The van der Waals surface area contributed by atoms with Gasteiger partial charge in [-0.25, -0.2) is 0 Å². The molecular weight excluding hydrogens is 254 g/mol. The maximum absolute atomic E-state index is 3.50. The minimum absolute atomic E-state index is 0.534. The number of rotatable bonds is 10. The average molecular weight is 287 g/mol. The minimum Gasteiger partial charge on any atom is -0.313 e. The maximum Gasteiger partial charge on any atom is 0.0317 e. The van der Waals surface area contributed by atoms with Crippen LogP contribution >= 0.6 is 0 Å². The summed E-state index contributed by atoms with van der Waals surface area (Å²) < 4.78 is 0. The van der Waals surface area contributed by atoms with Gasteiger partial charge in [-0.3, -0.25) is 0 Å². The second kappa shape index (κ2) is 9.25. The summed E-state index contributed by atoms with van der Waals surface area (Å²) in [4.78, 5) is 0. The highest BCUT2D eigenvalue weighted by atomic mass is 14.9. The lowest BCUT2D eigenvalue weighted by Gasteiger charge is -2.26. The van der Waals surface area contributed by atoms with E-state index < -0.39 is 0 Å². The van der Waals surface area contributed by atoms with Crippen LogP contribution in [-0.4, -0.2) is 7.05 Å². The Labute approximate surface area is 131 Å². The monoisotopic (exact) mass is 287 g/mol. The van der Waals surface area contributed by atoms with E-state index in [-0.39, 0.29) is 0 Å². The van der Waals surface area contributed by atoms with Crippen LogP contribution in [-0.2, 0) is 0 Å². The molecule has 1 aliphatic carbocycles. The fraction of sp³-hybridized carbons (Fsp3) is 0.700. The third-order valence-electron chi connectivity index (χ3n) is 5.11. The van der Waals surface area contributed by atoms with E-state index in [0.29, 0.717) is 6.04 Å². The average Bonchev–Trinajstić information content (AvgIpc) is 2.46. The molecule has 2 rings (SSSR count). The number of hydrogen-bond donors (Lipinski definition) is 1. The molecule has 21 heavy (non-hydrogen) atoms. The van der Waals surface area contributed by atoms with Gasteiger partial charge in [0, 0.05) is 6.04 Å². The van der Waals surface area contributed by atoms with Crippen molar-refractivity contribution < 1.29 is 0 Å². The summed E-state index contributed by atoms with van der Waals surface area (Å²) >= 11 is 0. The number of hydrogen-bond acceptors (Lipinski definition) is 1. The zero-order chi connectivity index (χ0) is 14.9. The van der Waals surface area contributed by atoms with E-state index in [1.54, 1.807) is 5.56 Å². The highest BCUT2D eigenvalue weighted by Gasteiger charge is 2.19. The molecule has 0 bridgehead atoms. The Morgan fingerprint density at radius 2 is 1.67 bits per heavy atom. The van der Waals surface area contributed by atoms with Gasteiger partial charge in [-0.15, -0.1) is 0 Å². The molecule has 0 saturated heterocycles. The van der Waals surface area contributed by atoms with Gasteiger partial charge in [-0.1, -0.05) is 76.1 Å². The fourth-order valence-electron chi connectivity index (χ4n) is 3.35. The molecule has 0 heterocycles. The zero-order valence-electron chi connectivity index (χ0n) is 14.0. The maximum atomic E-state index is 3.50. The van der Waals surface area contributed by atoms with E-state index in [0.717, 1.165) is 5.92 Å². The van der Waals surface area contributed by atoms with Crippen molar-refractivity contribution in [1.29, 1.82) is 0 Å². The van der Waals surface area contributed by atoms with Crippen molar-refractivity contribution in [3.05, 3.63) is 35.4 Å². The van der Waals surface area contributed by atoms with Gasteiger partial charge >= 0.3 is 0 Å². The van der Waals surface area contributed by atoms with Crippen LogP contribution < -0.4 is 5.32 Å². The van der Waals surface area contributed by atoms with Crippen LogP contribution in [0.1, 0.15) is 94.2 Å². The van der Waals surface area contributed by atoms with E-state index in [4.69, 9.17) is 0 Å². The third-order valence-corrected chi connectivity index (χ3v) is 5.11. The molecule has 0 amide bonds. The molecule has 1 heteroatoms. The van der Waals surface area contributed by atoms with Gasteiger partial charge in [0.1, 0.15) is 0 Å². The van der Waals surface area contributed by atoms with Crippen molar-refractivity contribution in [2.24, 2.45) is 0 Å². The topological polar surface area (TPSA) is 12.0 Å². The van der Waals surface area contributed by atoms with Crippen LogP contribution in [0.5, 0.6) is 0 Å². The Morgan fingerprint density at radius 3 is 2.24 bits per heavy atom. The first-order chi connectivity index (χ1) is 10.3. The van der Waals surface area contributed by atoms with Gasteiger partial charge in [0.25, 0.3) is 0 Å². The number of unbranched alkanes of at least 4 members (excludes halogenated alkanes) is 5. The van der Waals surface area contributed by atoms with E-state index in [2.05, 4.69) is 43.6 Å². The molecule has 0 spiro atoms. The standard InChI is InChI=1S/C20H33N/c1-3-4-5-6-7-8-12-20(21-2)19-15-13-18(14-16-19)17-10-9-11-17/h13-17,20-21H,3-12H2,1-2H3. The van der Waals surface area contributed by atoms with Gasteiger partial charge in [-0.05, 0) is 43.4 Å². The molecule has 1 atom stereocenters. The molecule has 1 nitrogen and oxygen atoms in total. The van der Waals surface area contributed by atoms with Gasteiger partial charge in [0.15, 0.2) is 0 Å². The first kappa shape index (κ1) is 16.5. The van der Waals surface area contributed by atoms with Crippen LogP contribution in [0, 0.1) is 0 Å². The van der Waals surface area contributed by atoms with Gasteiger partial charge in [-0.2, -0.15) is 0 Å². The molecule has 1 fully saturated rings. The third kappa shape index (κ3) is 5.14. The van der Waals surface area contributed by atoms with Crippen molar-refractivity contribution in [1.82, 2.24) is 5.32 Å². The highest BCUT2D eigenvalue weighted by molar-refractivity contribution is 5.28. The van der Waals surface area contributed by atoms with E-state index in [1.807, 2.05) is 0 Å². The lowest BCUT2D eigenvalue weighted by Crippen LogP contribution is -2.16. The molecule has 1 saturated carbocycles. The molecular formula is C20H33N. The zero-order valence-corrected chi connectivity index (χ0v) is 14.0. The largest absolute Gasteiger partial charge is 0.313 e. The van der Waals surface area contributed by atoms with Crippen LogP contribution in [0.4, 0.5) is 0 Å². The summed E-state index contributed by atoms with van der Waals surface area (Å²) in [7, 11) is 2.10. The summed E-state index contributed by atoms with van der Waals surface area (Å²) in [5.41, 5.74) is 3.02. The second-order valence-corrected chi connectivity index (χ2v) is 6.69. The van der Waals surface area contributed by atoms with Gasteiger partial charge in [0.2, 0.25) is 0 Å². The predicted molar refractivity (Wildman–Crippen MR) is 92.8 cm³/mol. The smallest absolute Gasteiger partial charge is 0.0317 e. The summed E-state index contributed by atoms with van der Waals surface area (Å²) in [6.45, 7) is 2.28. The molecule has 1 N–H and O–H groups in total. The van der Waals surface area contributed by atoms with Crippen molar-refractivity contribution in [3.8, 4) is 0 Å². The predicted octanol–water partition coefficient (Wildman–Crippen LogP) is 5.97.